The van der Waals surface area contributed by atoms with Crippen LogP contribution in [0.2, 0.25) is 0 Å². The first kappa shape index (κ1) is 13.4. The van der Waals surface area contributed by atoms with E-state index in [1.807, 2.05) is 0 Å². The summed E-state index contributed by atoms with van der Waals surface area (Å²) in [6.45, 7) is 2.74. The molecular weight excluding hydrogens is 224 g/mol. The van der Waals surface area contributed by atoms with Gasteiger partial charge in [-0.25, -0.2) is 9.89 Å². The third-order valence-corrected chi connectivity index (χ3v) is 2.50. The van der Waals surface area contributed by atoms with Crippen molar-refractivity contribution in [3.63, 3.8) is 0 Å². The van der Waals surface area contributed by atoms with E-state index in [4.69, 9.17) is 5.11 Å². The van der Waals surface area contributed by atoms with Crippen LogP contribution in [0.5, 0.6) is 0 Å². The topological polar surface area (TPSA) is 111 Å². The summed E-state index contributed by atoms with van der Waals surface area (Å²) in [7, 11) is 0. The van der Waals surface area contributed by atoms with E-state index in [1.54, 1.807) is 0 Å². The Hall–Kier alpha value is -1.63. The van der Waals surface area contributed by atoms with Gasteiger partial charge in [-0.3, -0.25) is 9.78 Å². The normalized spacial score (nSPS) is 12.4. The van der Waals surface area contributed by atoms with E-state index in [2.05, 4.69) is 27.4 Å². The number of aromatic amines is 2. The lowest BCUT2D eigenvalue weighted by atomic mass is 10.0. The van der Waals surface area contributed by atoms with Crippen LogP contribution in [0.1, 0.15) is 26.2 Å². The molecule has 96 valence electrons. The molecule has 0 aliphatic rings. The molecule has 0 saturated carbocycles. The van der Waals surface area contributed by atoms with Crippen LogP contribution in [0.25, 0.3) is 0 Å². The molecule has 0 spiro atoms. The van der Waals surface area contributed by atoms with Gasteiger partial charge in [0.1, 0.15) is 0 Å². The van der Waals surface area contributed by atoms with Gasteiger partial charge in [-0.05, 0) is 18.8 Å². The molecule has 1 aromatic heterocycles. The highest BCUT2D eigenvalue weighted by Gasteiger charge is 2.09. The van der Waals surface area contributed by atoms with Crippen molar-refractivity contribution in [2.24, 2.45) is 5.92 Å². The molecule has 1 rings (SSSR count). The number of aliphatic hydroxyl groups is 1. The van der Waals surface area contributed by atoms with E-state index in [-0.39, 0.29) is 18.3 Å². The Morgan fingerprint density at radius 2 is 2.18 bits per heavy atom. The van der Waals surface area contributed by atoms with Crippen LogP contribution in [0.15, 0.2) is 9.59 Å². The average molecular weight is 242 g/mol. The Labute approximate surface area is 98.3 Å². The predicted octanol–water partition coefficient (Wildman–Crippen LogP) is -0.331. The molecule has 0 amide bonds. The Balaban J connectivity index is 2.58. The Bertz CT molecular complexity index is 434. The SMILES string of the molecule is CCCC(CCO)CNc1n[nH]c(=O)[nH]c1=O. The second-order valence-corrected chi connectivity index (χ2v) is 3.90. The zero-order valence-corrected chi connectivity index (χ0v) is 9.82. The van der Waals surface area contributed by atoms with Gasteiger partial charge in [-0.15, -0.1) is 5.10 Å². The van der Waals surface area contributed by atoms with E-state index in [1.165, 1.54) is 0 Å². The molecule has 0 aliphatic heterocycles. The second-order valence-electron chi connectivity index (χ2n) is 3.90. The van der Waals surface area contributed by atoms with Crippen LogP contribution in [-0.4, -0.2) is 33.4 Å². The molecular formula is C10H18N4O3. The molecule has 0 saturated heterocycles. The molecule has 0 bridgehead atoms. The van der Waals surface area contributed by atoms with Crippen molar-refractivity contribution in [3.05, 3.63) is 20.8 Å². The highest BCUT2D eigenvalue weighted by molar-refractivity contribution is 5.28. The number of nitrogens with one attached hydrogen (secondary N) is 3. The number of nitrogens with zero attached hydrogens (tertiary/aromatic N) is 1. The maximum atomic E-state index is 11.3. The summed E-state index contributed by atoms with van der Waals surface area (Å²) in [6.07, 6.45) is 2.67. The number of hydrogen-bond acceptors (Lipinski definition) is 5. The summed E-state index contributed by atoms with van der Waals surface area (Å²) >= 11 is 0. The summed E-state index contributed by atoms with van der Waals surface area (Å²) in [5, 5.41) is 17.5. The van der Waals surface area contributed by atoms with Crippen molar-refractivity contribution in [2.75, 3.05) is 18.5 Å². The maximum absolute atomic E-state index is 11.3. The first-order valence-electron chi connectivity index (χ1n) is 5.71. The molecule has 7 heteroatoms. The molecule has 0 aliphatic carbocycles. The lowest BCUT2D eigenvalue weighted by Crippen LogP contribution is -2.28. The van der Waals surface area contributed by atoms with E-state index in [0.29, 0.717) is 13.0 Å². The van der Waals surface area contributed by atoms with Gasteiger partial charge in [-0.2, -0.15) is 0 Å². The fraction of sp³-hybridized carbons (Fsp3) is 0.700. The van der Waals surface area contributed by atoms with Gasteiger partial charge in [-0.1, -0.05) is 13.3 Å². The van der Waals surface area contributed by atoms with Gasteiger partial charge < -0.3 is 10.4 Å². The van der Waals surface area contributed by atoms with Crippen LogP contribution in [0.3, 0.4) is 0 Å². The lowest BCUT2D eigenvalue weighted by molar-refractivity contribution is 0.255. The largest absolute Gasteiger partial charge is 0.396 e. The fourth-order valence-electron chi connectivity index (χ4n) is 1.65. The Morgan fingerprint density at radius 3 is 2.76 bits per heavy atom. The summed E-state index contributed by atoms with van der Waals surface area (Å²) in [5.41, 5.74) is -1.16. The quantitative estimate of drug-likeness (QED) is 0.523. The molecule has 1 aromatic rings. The summed E-state index contributed by atoms with van der Waals surface area (Å²) in [4.78, 5) is 24.2. The van der Waals surface area contributed by atoms with E-state index in [9.17, 15) is 9.59 Å². The molecule has 0 fully saturated rings. The van der Waals surface area contributed by atoms with Crippen LogP contribution < -0.4 is 16.6 Å². The molecule has 1 unspecified atom stereocenters. The average Bonchev–Trinajstić information content (AvgIpc) is 2.28. The number of H-pyrrole nitrogens is 2. The van der Waals surface area contributed by atoms with Crippen LogP contribution in [-0.2, 0) is 0 Å². The van der Waals surface area contributed by atoms with E-state index in [0.717, 1.165) is 12.8 Å². The van der Waals surface area contributed by atoms with Crippen molar-refractivity contribution in [3.8, 4) is 0 Å². The Kier molecular flexibility index (Phi) is 5.41. The van der Waals surface area contributed by atoms with Crippen molar-refractivity contribution in [1.29, 1.82) is 0 Å². The van der Waals surface area contributed by atoms with Crippen LogP contribution >= 0.6 is 0 Å². The minimum absolute atomic E-state index is 0.101. The molecule has 7 nitrogen and oxygen atoms in total. The number of hydrogen-bond donors (Lipinski definition) is 4. The van der Waals surface area contributed by atoms with Crippen molar-refractivity contribution in [2.45, 2.75) is 26.2 Å². The standard InChI is InChI=1S/C10H18N4O3/c1-2-3-7(4-5-15)6-11-8-9(16)12-10(17)14-13-8/h7,15H,2-6H2,1H3,(H,11,13)(H2,12,14,16,17). The first-order valence-corrected chi connectivity index (χ1v) is 5.71. The minimum atomic E-state index is -0.624. The van der Waals surface area contributed by atoms with Crippen molar-refractivity contribution in [1.82, 2.24) is 15.2 Å². The molecule has 17 heavy (non-hydrogen) atoms. The van der Waals surface area contributed by atoms with Gasteiger partial charge in [0.2, 0.25) is 5.82 Å². The number of aliphatic hydroxyl groups excluding tert-OH is 1. The van der Waals surface area contributed by atoms with Gasteiger partial charge in [0, 0.05) is 13.2 Å². The summed E-state index contributed by atoms with van der Waals surface area (Å²) in [6, 6.07) is 0. The van der Waals surface area contributed by atoms with Gasteiger partial charge in [0.15, 0.2) is 0 Å². The van der Waals surface area contributed by atoms with Crippen LogP contribution in [0, 0.1) is 5.92 Å². The zero-order valence-electron chi connectivity index (χ0n) is 9.82. The monoisotopic (exact) mass is 242 g/mol. The third kappa shape index (κ3) is 4.39. The molecule has 1 atom stereocenters. The third-order valence-electron chi connectivity index (χ3n) is 2.50. The Morgan fingerprint density at radius 1 is 1.41 bits per heavy atom. The fourth-order valence-corrected chi connectivity index (χ4v) is 1.65. The van der Waals surface area contributed by atoms with Crippen molar-refractivity contribution < 1.29 is 5.11 Å². The summed E-state index contributed by atoms with van der Waals surface area (Å²) < 4.78 is 0. The maximum Gasteiger partial charge on any atom is 0.342 e. The van der Waals surface area contributed by atoms with Gasteiger partial charge >= 0.3 is 5.69 Å². The van der Waals surface area contributed by atoms with Crippen LogP contribution in [0.4, 0.5) is 5.82 Å². The molecule has 0 radical (unpaired) electrons. The zero-order chi connectivity index (χ0) is 12.7. The smallest absolute Gasteiger partial charge is 0.342 e. The van der Waals surface area contributed by atoms with Crippen molar-refractivity contribution >= 4 is 5.82 Å². The van der Waals surface area contributed by atoms with E-state index >= 15 is 0 Å². The second kappa shape index (κ2) is 6.85. The van der Waals surface area contributed by atoms with E-state index < -0.39 is 11.2 Å². The minimum Gasteiger partial charge on any atom is -0.396 e. The number of rotatable bonds is 7. The number of aromatic nitrogens is 3. The van der Waals surface area contributed by atoms with Gasteiger partial charge in [0.05, 0.1) is 0 Å². The number of anilines is 1. The highest BCUT2D eigenvalue weighted by atomic mass is 16.3. The molecule has 1 heterocycles. The van der Waals surface area contributed by atoms with Gasteiger partial charge in [0.25, 0.3) is 5.56 Å². The lowest BCUT2D eigenvalue weighted by Gasteiger charge is -2.15. The first-order chi connectivity index (χ1) is 8.17. The predicted molar refractivity (Wildman–Crippen MR) is 64.1 cm³/mol. The summed E-state index contributed by atoms with van der Waals surface area (Å²) in [5.74, 6) is 0.391. The highest BCUT2D eigenvalue weighted by Crippen LogP contribution is 2.10. The molecule has 0 aromatic carbocycles. The molecule has 4 N–H and O–H groups in total.